The summed E-state index contributed by atoms with van der Waals surface area (Å²) in [6, 6.07) is 3.89. The van der Waals surface area contributed by atoms with Crippen molar-refractivity contribution >= 4 is 29.3 Å². The summed E-state index contributed by atoms with van der Waals surface area (Å²) in [5, 5.41) is 11.8. The molecule has 1 fully saturated rings. The van der Waals surface area contributed by atoms with Crippen LogP contribution in [0.25, 0.3) is 0 Å². The standard InChI is InChI=1S/C14H17ClN2O4/c1-8-7-21-9(2)6-17(8)14(20)16-12-4-3-10(13(18)19)5-11(12)15/h3-5,8-9H,6-7H2,1-2H3,(H,16,20)(H,18,19). The van der Waals surface area contributed by atoms with E-state index < -0.39 is 5.97 Å². The van der Waals surface area contributed by atoms with Crippen LogP contribution in [0.4, 0.5) is 10.5 Å². The molecule has 0 spiro atoms. The second-order valence-corrected chi connectivity index (χ2v) is 5.48. The van der Waals surface area contributed by atoms with Gasteiger partial charge in [-0.3, -0.25) is 0 Å². The Morgan fingerprint density at radius 3 is 2.76 bits per heavy atom. The van der Waals surface area contributed by atoms with Crippen LogP contribution in [-0.2, 0) is 4.74 Å². The highest BCUT2D eigenvalue weighted by atomic mass is 35.5. The first kappa shape index (κ1) is 15.6. The molecule has 0 bridgehead atoms. The number of hydrogen-bond donors (Lipinski definition) is 2. The van der Waals surface area contributed by atoms with Crippen molar-refractivity contribution < 1.29 is 19.4 Å². The Hall–Kier alpha value is -1.79. The number of anilines is 1. The highest BCUT2D eigenvalue weighted by Crippen LogP contribution is 2.24. The van der Waals surface area contributed by atoms with Crippen LogP contribution in [0.5, 0.6) is 0 Å². The first-order valence-corrected chi connectivity index (χ1v) is 6.98. The van der Waals surface area contributed by atoms with E-state index in [9.17, 15) is 9.59 Å². The Morgan fingerprint density at radius 2 is 2.14 bits per heavy atom. The third-order valence-corrected chi connectivity index (χ3v) is 3.64. The van der Waals surface area contributed by atoms with E-state index in [1.807, 2.05) is 13.8 Å². The second-order valence-electron chi connectivity index (χ2n) is 5.08. The van der Waals surface area contributed by atoms with Crippen LogP contribution < -0.4 is 5.32 Å². The van der Waals surface area contributed by atoms with E-state index in [2.05, 4.69) is 5.32 Å². The van der Waals surface area contributed by atoms with Crippen LogP contribution in [0.15, 0.2) is 18.2 Å². The molecule has 1 aromatic rings. The number of urea groups is 1. The SMILES string of the molecule is CC1CN(C(=O)Nc2ccc(C(=O)O)cc2Cl)C(C)CO1. The van der Waals surface area contributed by atoms with Gasteiger partial charge in [-0.05, 0) is 32.0 Å². The number of aromatic carboxylic acids is 1. The molecule has 0 radical (unpaired) electrons. The third kappa shape index (κ3) is 3.65. The summed E-state index contributed by atoms with van der Waals surface area (Å²) < 4.78 is 5.47. The van der Waals surface area contributed by atoms with Gasteiger partial charge in [0.15, 0.2) is 0 Å². The lowest BCUT2D eigenvalue weighted by atomic mass is 10.2. The molecule has 7 heteroatoms. The molecular formula is C14H17ClN2O4. The van der Waals surface area contributed by atoms with Crippen molar-refractivity contribution in [2.75, 3.05) is 18.5 Å². The molecule has 2 amide bonds. The number of benzene rings is 1. The van der Waals surface area contributed by atoms with Gasteiger partial charge in [-0.25, -0.2) is 9.59 Å². The van der Waals surface area contributed by atoms with Crippen molar-refractivity contribution in [2.24, 2.45) is 0 Å². The maximum absolute atomic E-state index is 12.3. The van der Waals surface area contributed by atoms with Crippen molar-refractivity contribution in [2.45, 2.75) is 26.0 Å². The molecule has 2 N–H and O–H groups in total. The maximum Gasteiger partial charge on any atom is 0.335 e. The Labute approximate surface area is 127 Å². The minimum atomic E-state index is -1.06. The molecule has 2 rings (SSSR count). The van der Waals surface area contributed by atoms with Crippen LogP contribution in [0.1, 0.15) is 24.2 Å². The topological polar surface area (TPSA) is 78.9 Å². The predicted octanol–water partition coefficient (Wildman–Crippen LogP) is 2.68. The van der Waals surface area contributed by atoms with E-state index in [0.717, 1.165) is 0 Å². The van der Waals surface area contributed by atoms with Crippen LogP contribution in [-0.4, -0.2) is 47.3 Å². The number of carboxylic acid groups (broad SMARTS) is 1. The molecule has 21 heavy (non-hydrogen) atoms. The lowest BCUT2D eigenvalue weighted by Gasteiger charge is -2.36. The van der Waals surface area contributed by atoms with Gasteiger partial charge in [-0.2, -0.15) is 0 Å². The summed E-state index contributed by atoms with van der Waals surface area (Å²) in [4.78, 5) is 24.8. The first-order valence-electron chi connectivity index (χ1n) is 6.60. The van der Waals surface area contributed by atoms with Crippen molar-refractivity contribution in [3.05, 3.63) is 28.8 Å². The second kappa shape index (κ2) is 6.32. The summed E-state index contributed by atoms with van der Waals surface area (Å²) in [6.07, 6.45) is -0.0168. The van der Waals surface area contributed by atoms with Gasteiger partial charge in [-0.15, -0.1) is 0 Å². The fraction of sp³-hybridized carbons (Fsp3) is 0.429. The quantitative estimate of drug-likeness (QED) is 0.880. The summed E-state index contributed by atoms with van der Waals surface area (Å²) in [6.45, 7) is 4.79. The number of amides is 2. The number of hydrogen-bond acceptors (Lipinski definition) is 3. The first-order chi connectivity index (χ1) is 9.88. The molecule has 1 heterocycles. The zero-order valence-electron chi connectivity index (χ0n) is 11.8. The zero-order chi connectivity index (χ0) is 15.6. The molecule has 2 unspecified atom stereocenters. The van der Waals surface area contributed by atoms with Gasteiger partial charge in [0.25, 0.3) is 0 Å². The number of nitrogens with one attached hydrogen (secondary N) is 1. The van der Waals surface area contributed by atoms with Crippen molar-refractivity contribution in [3.8, 4) is 0 Å². The molecule has 0 saturated carbocycles. The highest BCUT2D eigenvalue weighted by molar-refractivity contribution is 6.34. The molecular weight excluding hydrogens is 296 g/mol. The molecule has 0 aromatic heterocycles. The molecule has 1 saturated heterocycles. The monoisotopic (exact) mass is 312 g/mol. The van der Waals surface area contributed by atoms with Gasteiger partial charge < -0.3 is 20.1 Å². The van der Waals surface area contributed by atoms with Crippen LogP contribution >= 0.6 is 11.6 Å². The molecule has 2 atom stereocenters. The minimum absolute atomic E-state index is 0.0168. The zero-order valence-corrected chi connectivity index (χ0v) is 12.6. The van der Waals surface area contributed by atoms with Gasteiger partial charge in [0.1, 0.15) is 0 Å². The number of morpholine rings is 1. The fourth-order valence-corrected chi connectivity index (χ4v) is 2.35. The number of carbonyl (C=O) groups is 2. The van der Waals surface area contributed by atoms with E-state index >= 15 is 0 Å². The number of rotatable bonds is 2. The molecule has 0 aliphatic carbocycles. The average molecular weight is 313 g/mol. The maximum atomic E-state index is 12.3. The van der Waals surface area contributed by atoms with Crippen LogP contribution in [0.3, 0.4) is 0 Å². The lowest BCUT2D eigenvalue weighted by Crippen LogP contribution is -2.51. The summed E-state index contributed by atoms with van der Waals surface area (Å²) in [7, 11) is 0. The van der Waals surface area contributed by atoms with Crippen molar-refractivity contribution in [3.63, 3.8) is 0 Å². The smallest absolute Gasteiger partial charge is 0.335 e. The van der Waals surface area contributed by atoms with Crippen molar-refractivity contribution in [1.82, 2.24) is 4.90 Å². The van der Waals surface area contributed by atoms with E-state index in [0.29, 0.717) is 18.8 Å². The number of carboxylic acids is 1. The molecule has 114 valence electrons. The van der Waals surface area contributed by atoms with Gasteiger partial charge in [-0.1, -0.05) is 11.6 Å². The molecule has 1 aromatic carbocycles. The molecule has 1 aliphatic heterocycles. The Bertz CT molecular complexity index is 564. The van der Waals surface area contributed by atoms with Crippen LogP contribution in [0, 0.1) is 0 Å². The lowest BCUT2D eigenvalue weighted by molar-refractivity contribution is -0.0296. The molecule has 1 aliphatic rings. The van der Waals surface area contributed by atoms with Crippen molar-refractivity contribution in [1.29, 1.82) is 0 Å². The Balaban J connectivity index is 2.10. The minimum Gasteiger partial charge on any atom is -0.478 e. The van der Waals surface area contributed by atoms with E-state index in [1.54, 1.807) is 4.90 Å². The normalized spacial score (nSPS) is 22.0. The van der Waals surface area contributed by atoms with Gasteiger partial charge in [0, 0.05) is 6.54 Å². The average Bonchev–Trinajstić information content (AvgIpc) is 2.43. The highest BCUT2D eigenvalue weighted by Gasteiger charge is 2.27. The summed E-state index contributed by atoms with van der Waals surface area (Å²) in [5.41, 5.74) is 0.462. The summed E-state index contributed by atoms with van der Waals surface area (Å²) >= 11 is 6.00. The van der Waals surface area contributed by atoms with E-state index in [4.69, 9.17) is 21.4 Å². The van der Waals surface area contributed by atoms with E-state index in [-0.39, 0.29) is 28.8 Å². The largest absolute Gasteiger partial charge is 0.478 e. The fourth-order valence-electron chi connectivity index (χ4n) is 2.12. The Kier molecular flexibility index (Phi) is 4.69. The molecule has 6 nitrogen and oxygen atoms in total. The van der Waals surface area contributed by atoms with E-state index in [1.165, 1.54) is 18.2 Å². The predicted molar refractivity (Wildman–Crippen MR) is 79.0 cm³/mol. The number of carbonyl (C=O) groups excluding carboxylic acids is 1. The van der Waals surface area contributed by atoms with Gasteiger partial charge in [0.2, 0.25) is 0 Å². The van der Waals surface area contributed by atoms with Gasteiger partial charge >= 0.3 is 12.0 Å². The third-order valence-electron chi connectivity index (χ3n) is 3.33. The van der Waals surface area contributed by atoms with Gasteiger partial charge in [0.05, 0.1) is 35.0 Å². The summed E-state index contributed by atoms with van der Waals surface area (Å²) in [5.74, 6) is -1.06. The number of ether oxygens (including phenoxy) is 1. The number of nitrogens with zero attached hydrogens (tertiary/aromatic N) is 1. The number of halogens is 1. The Morgan fingerprint density at radius 1 is 1.43 bits per heavy atom. The van der Waals surface area contributed by atoms with Crippen LogP contribution in [0.2, 0.25) is 5.02 Å².